The fourth-order valence-electron chi connectivity index (χ4n) is 4.58. The molecule has 8 heteroatoms. The number of nitrogens with zero attached hydrogens (tertiary/aromatic N) is 3. The van der Waals surface area contributed by atoms with Crippen LogP contribution >= 0.6 is 11.3 Å². The van der Waals surface area contributed by atoms with Gasteiger partial charge in [0.1, 0.15) is 4.83 Å². The van der Waals surface area contributed by atoms with Crippen LogP contribution in [-0.4, -0.2) is 39.4 Å². The van der Waals surface area contributed by atoms with Gasteiger partial charge in [-0.25, -0.2) is 4.98 Å². The van der Waals surface area contributed by atoms with Gasteiger partial charge in [-0.3, -0.25) is 19.0 Å². The van der Waals surface area contributed by atoms with Gasteiger partial charge in [0.25, 0.3) is 11.5 Å². The van der Waals surface area contributed by atoms with Crippen LogP contribution in [0.3, 0.4) is 0 Å². The van der Waals surface area contributed by atoms with E-state index in [1.54, 1.807) is 46.5 Å². The van der Waals surface area contributed by atoms with Crippen molar-refractivity contribution in [3.05, 3.63) is 57.0 Å². The molecule has 0 atom stereocenters. The average Bonchev–Trinajstić information content (AvgIpc) is 3.47. The van der Waals surface area contributed by atoms with Gasteiger partial charge >= 0.3 is 0 Å². The number of carbonyl (C=O) groups excluding carboxylic acids is 2. The van der Waals surface area contributed by atoms with E-state index in [9.17, 15) is 14.4 Å². The van der Waals surface area contributed by atoms with Crippen molar-refractivity contribution in [1.82, 2.24) is 14.5 Å². The van der Waals surface area contributed by atoms with E-state index >= 15 is 0 Å². The number of thiophene rings is 1. The Morgan fingerprint density at radius 3 is 2.56 bits per heavy atom. The second kappa shape index (κ2) is 8.86. The van der Waals surface area contributed by atoms with E-state index in [2.05, 4.69) is 10.3 Å². The molecule has 2 amide bonds. The molecule has 1 aliphatic heterocycles. The largest absolute Gasteiger partial charge is 0.339 e. The van der Waals surface area contributed by atoms with Crippen molar-refractivity contribution in [3.63, 3.8) is 0 Å². The van der Waals surface area contributed by atoms with Gasteiger partial charge in [-0.15, -0.1) is 11.3 Å². The van der Waals surface area contributed by atoms with Crippen molar-refractivity contribution in [2.75, 3.05) is 18.4 Å². The van der Waals surface area contributed by atoms with Gasteiger partial charge < -0.3 is 10.2 Å². The van der Waals surface area contributed by atoms with E-state index in [1.165, 1.54) is 11.3 Å². The monoisotopic (exact) mass is 450 g/mol. The number of likely N-dealkylation sites (tertiary alicyclic amines) is 1. The maximum absolute atomic E-state index is 13.0. The number of carbonyl (C=O) groups is 2. The first-order chi connectivity index (χ1) is 15.6. The third-order valence-corrected chi connectivity index (χ3v) is 7.53. The minimum absolute atomic E-state index is 0.0401. The first kappa shape index (κ1) is 20.9. The van der Waals surface area contributed by atoms with Crippen LogP contribution in [0.4, 0.5) is 5.69 Å². The molecule has 1 saturated heterocycles. The number of nitrogens with one attached hydrogen (secondary N) is 1. The predicted octanol–water partition coefficient (Wildman–Crippen LogP) is 3.60. The number of aromatic nitrogens is 2. The zero-order chi connectivity index (χ0) is 22.1. The van der Waals surface area contributed by atoms with Crippen LogP contribution in [0.15, 0.2) is 35.4 Å². The van der Waals surface area contributed by atoms with Crippen LogP contribution in [0.2, 0.25) is 0 Å². The number of hydrogen-bond donors (Lipinski definition) is 1. The summed E-state index contributed by atoms with van der Waals surface area (Å²) in [5.41, 5.74) is 2.39. The molecule has 166 valence electrons. The molecule has 1 fully saturated rings. The second-order valence-electron chi connectivity index (χ2n) is 8.51. The minimum atomic E-state index is -0.178. The molecule has 2 aromatic heterocycles. The van der Waals surface area contributed by atoms with E-state index in [1.807, 2.05) is 4.90 Å². The first-order valence-corrected chi connectivity index (χ1v) is 12.1. The number of amides is 2. The molecule has 0 bridgehead atoms. The van der Waals surface area contributed by atoms with Crippen molar-refractivity contribution in [2.45, 2.75) is 51.5 Å². The second-order valence-corrected chi connectivity index (χ2v) is 9.59. The molecule has 7 nitrogen and oxygen atoms in total. The van der Waals surface area contributed by atoms with Gasteiger partial charge in [-0.05, 0) is 68.4 Å². The summed E-state index contributed by atoms with van der Waals surface area (Å²) < 4.78 is 1.54. The molecule has 32 heavy (non-hydrogen) atoms. The lowest BCUT2D eigenvalue weighted by atomic mass is 9.97. The lowest BCUT2D eigenvalue weighted by Crippen LogP contribution is -2.27. The fourth-order valence-corrected chi connectivity index (χ4v) is 5.80. The minimum Gasteiger partial charge on any atom is -0.339 e. The summed E-state index contributed by atoms with van der Waals surface area (Å²) in [4.78, 5) is 46.3. The van der Waals surface area contributed by atoms with Crippen molar-refractivity contribution < 1.29 is 9.59 Å². The molecule has 0 radical (unpaired) electrons. The highest BCUT2D eigenvalue weighted by Gasteiger charge is 2.21. The van der Waals surface area contributed by atoms with Crippen molar-refractivity contribution in [1.29, 1.82) is 0 Å². The first-order valence-electron chi connectivity index (χ1n) is 11.3. The van der Waals surface area contributed by atoms with E-state index < -0.39 is 0 Å². The van der Waals surface area contributed by atoms with Crippen LogP contribution in [0, 0.1) is 0 Å². The number of anilines is 1. The highest BCUT2D eigenvalue weighted by atomic mass is 32.1. The maximum atomic E-state index is 13.0. The topological polar surface area (TPSA) is 84.3 Å². The Morgan fingerprint density at radius 2 is 1.78 bits per heavy atom. The molecule has 0 saturated carbocycles. The number of aryl methyl sites for hydroxylation is 3. The third kappa shape index (κ3) is 4.07. The summed E-state index contributed by atoms with van der Waals surface area (Å²) in [5, 5.41) is 3.59. The Bertz CT molecular complexity index is 1220. The highest BCUT2D eigenvalue weighted by molar-refractivity contribution is 7.18. The zero-order valence-corrected chi connectivity index (χ0v) is 18.7. The summed E-state index contributed by atoms with van der Waals surface area (Å²) in [6.45, 7) is 1.90. The van der Waals surface area contributed by atoms with Gasteiger partial charge in [0.05, 0.1) is 11.7 Å². The van der Waals surface area contributed by atoms with Crippen LogP contribution in [-0.2, 0) is 24.2 Å². The van der Waals surface area contributed by atoms with Crippen LogP contribution < -0.4 is 10.9 Å². The van der Waals surface area contributed by atoms with Gasteiger partial charge in [0, 0.05) is 42.2 Å². The number of fused-ring (bicyclic) bond motifs is 3. The summed E-state index contributed by atoms with van der Waals surface area (Å²) >= 11 is 1.63. The molecule has 1 aliphatic carbocycles. The summed E-state index contributed by atoms with van der Waals surface area (Å²) in [6, 6.07) is 6.99. The Morgan fingerprint density at radius 1 is 1.03 bits per heavy atom. The van der Waals surface area contributed by atoms with Crippen molar-refractivity contribution in [3.8, 4) is 0 Å². The number of hydrogen-bond acceptors (Lipinski definition) is 5. The van der Waals surface area contributed by atoms with Gasteiger partial charge in [-0.1, -0.05) is 0 Å². The predicted molar refractivity (Wildman–Crippen MR) is 125 cm³/mol. The lowest BCUT2D eigenvalue weighted by molar-refractivity contribution is -0.116. The Balaban J connectivity index is 1.22. The summed E-state index contributed by atoms with van der Waals surface area (Å²) in [5.74, 6) is -0.138. The average molecular weight is 451 g/mol. The molecule has 0 spiro atoms. The van der Waals surface area contributed by atoms with Crippen molar-refractivity contribution in [2.24, 2.45) is 0 Å². The van der Waals surface area contributed by atoms with Gasteiger partial charge in [0.2, 0.25) is 5.91 Å². The van der Waals surface area contributed by atoms with Crippen molar-refractivity contribution >= 4 is 39.1 Å². The number of benzene rings is 1. The molecule has 2 aliphatic rings. The molecule has 5 rings (SSSR count). The van der Waals surface area contributed by atoms with E-state index in [-0.39, 0.29) is 30.3 Å². The number of rotatable bonds is 5. The standard InChI is InChI=1S/C24H26N4O3S/c29-20(26-17-9-7-16(8-10-17)23(30)27-12-3-4-13-27)11-14-28-15-25-22-21(24(28)31)18-5-1-2-6-19(18)32-22/h7-10,15H,1-6,11-14H2,(H,26,29). The van der Waals surface area contributed by atoms with Crippen LogP contribution in [0.5, 0.6) is 0 Å². The Labute approximate surface area is 190 Å². The van der Waals surface area contributed by atoms with E-state index in [0.717, 1.165) is 61.0 Å². The SMILES string of the molecule is O=C(CCn1cnc2sc3c(c2c1=O)CCCC3)Nc1ccc(C(=O)N2CCCC2)cc1. The fraction of sp³-hybridized carbons (Fsp3) is 0.417. The zero-order valence-electron chi connectivity index (χ0n) is 17.9. The molecule has 0 unspecified atom stereocenters. The van der Waals surface area contributed by atoms with E-state index in [0.29, 0.717) is 11.3 Å². The smallest absolute Gasteiger partial charge is 0.262 e. The van der Waals surface area contributed by atoms with E-state index in [4.69, 9.17) is 0 Å². The molecule has 3 heterocycles. The molecular formula is C24H26N4O3S. The summed E-state index contributed by atoms with van der Waals surface area (Å²) in [7, 11) is 0. The highest BCUT2D eigenvalue weighted by Crippen LogP contribution is 2.33. The van der Waals surface area contributed by atoms with Crippen LogP contribution in [0.25, 0.3) is 10.2 Å². The molecular weight excluding hydrogens is 424 g/mol. The molecule has 1 aromatic carbocycles. The quantitative estimate of drug-likeness (QED) is 0.644. The van der Waals surface area contributed by atoms with Gasteiger partial charge in [-0.2, -0.15) is 0 Å². The Hall–Kier alpha value is -3.00. The maximum Gasteiger partial charge on any atom is 0.262 e. The lowest BCUT2D eigenvalue weighted by Gasteiger charge is -2.15. The molecule has 1 N–H and O–H groups in total. The normalized spacial score (nSPS) is 15.7. The molecule has 3 aromatic rings. The summed E-state index contributed by atoms with van der Waals surface area (Å²) in [6.07, 6.45) is 8.08. The third-order valence-electron chi connectivity index (χ3n) is 6.33. The van der Waals surface area contributed by atoms with Crippen LogP contribution in [0.1, 0.15) is 52.9 Å². The Kier molecular flexibility index (Phi) is 5.78. The van der Waals surface area contributed by atoms with Gasteiger partial charge in [0.15, 0.2) is 0 Å².